The maximum atomic E-state index is 9.36. The van der Waals surface area contributed by atoms with Gasteiger partial charge in [-0.15, -0.1) is 0 Å². The molecule has 0 aliphatic rings. The fraction of sp³-hybridized carbons (Fsp3) is 0.111. The molecule has 62 valence electrons. The normalized spacial score (nSPS) is 10.8. The zero-order valence-corrected chi connectivity index (χ0v) is 7.21. The maximum Gasteiger partial charge on any atom is 0.175 e. The highest BCUT2D eigenvalue weighted by Gasteiger charge is 2.06. The Kier molecular flexibility index (Phi) is 1.73. The van der Waals surface area contributed by atoms with Crippen molar-refractivity contribution in [3.05, 3.63) is 30.0 Å². The molecule has 2 nitrogen and oxygen atoms in total. The molecule has 0 saturated carbocycles. The predicted octanol–water partition coefficient (Wildman–Crippen LogP) is 2.57. The van der Waals surface area contributed by atoms with Crippen LogP contribution in [0.2, 0.25) is 0 Å². The first-order valence-corrected chi connectivity index (χ1v) is 4.25. The van der Waals surface area contributed by atoms with Gasteiger partial charge in [0, 0.05) is 16.7 Å². The molecule has 0 unspecified atom stereocenters. The van der Waals surface area contributed by atoms with E-state index in [1.165, 1.54) is 0 Å². The van der Waals surface area contributed by atoms with Gasteiger partial charge in [-0.2, -0.15) is 12.6 Å². The second kappa shape index (κ2) is 2.75. The maximum absolute atomic E-state index is 9.36. The van der Waals surface area contributed by atoms with Crippen LogP contribution in [0.15, 0.2) is 28.9 Å². The molecule has 0 fully saturated rings. The third kappa shape index (κ3) is 0.975. The first-order chi connectivity index (χ1) is 5.83. The van der Waals surface area contributed by atoms with Crippen LogP contribution in [0.3, 0.4) is 0 Å². The number of phenols is 1. The number of aromatic hydroxyl groups is 1. The van der Waals surface area contributed by atoms with E-state index in [1.807, 2.05) is 6.07 Å². The van der Waals surface area contributed by atoms with Gasteiger partial charge in [-0.1, -0.05) is 12.1 Å². The van der Waals surface area contributed by atoms with Crippen LogP contribution in [0.25, 0.3) is 11.0 Å². The molecule has 12 heavy (non-hydrogen) atoms. The lowest BCUT2D eigenvalue weighted by Gasteiger charge is -1.92. The van der Waals surface area contributed by atoms with Crippen LogP contribution in [0.5, 0.6) is 5.75 Å². The minimum atomic E-state index is 0.181. The fourth-order valence-corrected chi connectivity index (χ4v) is 1.46. The van der Waals surface area contributed by atoms with Gasteiger partial charge in [-0.3, -0.25) is 0 Å². The van der Waals surface area contributed by atoms with Crippen molar-refractivity contribution >= 4 is 23.6 Å². The van der Waals surface area contributed by atoms with E-state index in [4.69, 9.17) is 4.42 Å². The van der Waals surface area contributed by atoms with Crippen LogP contribution < -0.4 is 0 Å². The van der Waals surface area contributed by atoms with Crippen LogP contribution in [0.4, 0.5) is 0 Å². The molecule has 1 aromatic carbocycles. The molecular weight excluding hydrogens is 172 g/mol. The van der Waals surface area contributed by atoms with Gasteiger partial charge in [-0.05, 0) is 6.07 Å². The van der Waals surface area contributed by atoms with Crippen molar-refractivity contribution in [2.75, 3.05) is 0 Å². The van der Waals surface area contributed by atoms with Gasteiger partial charge < -0.3 is 9.52 Å². The zero-order chi connectivity index (χ0) is 8.55. The molecule has 0 aliphatic heterocycles. The molecule has 2 rings (SSSR count). The smallest absolute Gasteiger partial charge is 0.175 e. The van der Waals surface area contributed by atoms with Crippen molar-refractivity contribution in [2.45, 2.75) is 5.75 Å². The fourth-order valence-electron chi connectivity index (χ4n) is 1.22. The summed E-state index contributed by atoms with van der Waals surface area (Å²) in [6.07, 6.45) is 1.62. The Morgan fingerprint density at radius 2 is 2.25 bits per heavy atom. The molecule has 1 heterocycles. The third-order valence-corrected chi connectivity index (χ3v) is 2.17. The largest absolute Gasteiger partial charge is 0.504 e. The van der Waals surface area contributed by atoms with Crippen LogP contribution in [0, 0.1) is 0 Å². The molecule has 0 radical (unpaired) electrons. The Morgan fingerprint density at radius 1 is 1.42 bits per heavy atom. The van der Waals surface area contributed by atoms with Crippen molar-refractivity contribution in [2.24, 2.45) is 0 Å². The molecule has 1 N–H and O–H groups in total. The average Bonchev–Trinajstić information content (AvgIpc) is 2.49. The van der Waals surface area contributed by atoms with Crippen molar-refractivity contribution in [1.82, 2.24) is 0 Å². The molecule has 3 heteroatoms. The minimum Gasteiger partial charge on any atom is -0.504 e. The van der Waals surface area contributed by atoms with E-state index in [9.17, 15) is 5.11 Å². The van der Waals surface area contributed by atoms with Crippen LogP contribution in [-0.4, -0.2) is 5.11 Å². The highest BCUT2D eigenvalue weighted by atomic mass is 32.1. The topological polar surface area (TPSA) is 33.4 Å². The lowest BCUT2D eigenvalue weighted by molar-refractivity contribution is 0.465. The van der Waals surface area contributed by atoms with Crippen LogP contribution in [0.1, 0.15) is 5.56 Å². The Hall–Kier alpha value is -1.09. The number of rotatable bonds is 1. The standard InChI is InChI=1S/C9H8O2S/c10-8-3-1-2-7-6(5-12)4-11-9(7)8/h1-4,10,12H,5H2. The average molecular weight is 180 g/mol. The molecule has 2 aromatic rings. The van der Waals surface area contributed by atoms with E-state index in [0.717, 1.165) is 10.9 Å². The molecule has 0 spiro atoms. The number of furan rings is 1. The third-order valence-electron chi connectivity index (χ3n) is 1.83. The second-order valence-electron chi connectivity index (χ2n) is 2.57. The van der Waals surface area contributed by atoms with E-state index >= 15 is 0 Å². The van der Waals surface area contributed by atoms with Gasteiger partial charge in [0.1, 0.15) is 0 Å². The van der Waals surface area contributed by atoms with Crippen molar-refractivity contribution in [1.29, 1.82) is 0 Å². The van der Waals surface area contributed by atoms with Gasteiger partial charge in [0.2, 0.25) is 0 Å². The summed E-state index contributed by atoms with van der Waals surface area (Å²) in [6.45, 7) is 0. The van der Waals surface area contributed by atoms with Crippen molar-refractivity contribution in [3.63, 3.8) is 0 Å². The van der Waals surface area contributed by atoms with Gasteiger partial charge in [0.25, 0.3) is 0 Å². The summed E-state index contributed by atoms with van der Waals surface area (Å²) in [6, 6.07) is 5.30. The van der Waals surface area contributed by atoms with Gasteiger partial charge in [0.15, 0.2) is 11.3 Å². The molecule has 0 saturated heterocycles. The molecule has 0 amide bonds. The van der Waals surface area contributed by atoms with Crippen LogP contribution >= 0.6 is 12.6 Å². The van der Waals surface area contributed by atoms with E-state index in [0.29, 0.717) is 11.3 Å². The second-order valence-corrected chi connectivity index (χ2v) is 2.89. The molecular formula is C9H8O2S. The Morgan fingerprint density at radius 3 is 3.00 bits per heavy atom. The summed E-state index contributed by atoms with van der Waals surface area (Å²) in [5.74, 6) is 0.803. The van der Waals surface area contributed by atoms with E-state index in [1.54, 1.807) is 18.4 Å². The summed E-state index contributed by atoms with van der Waals surface area (Å²) in [5.41, 5.74) is 1.55. The Labute approximate surface area is 75.2 Å². The number of para-hydroxylation sites is 1. The number of benzene rings is 1. The Bertz CT molecular complexity index is 406. The SMILES string of the molecule is Oc1cccc2c(CS)coc12. The number of thiol groups is 1. The highest BCUT2D eigenvalue weighted by molar-refractivity contribution is 7.79. The van der Waals surface area contributed by atoms with Gasteiger partial charge in [-0.25, -0.2) is 0 Å². The summed E-state index contributed by atoms with van der Waals surface area (Å²) in [5, 5.41) is 10.3. The summed E-state index contributed by atoms with van der Waals surface area (Å²) in [4.78, 5) is 0. The van der Waals surface area contributed by atoms with Crippen LogP contribution in [-0.2, 0) is 5.75 Å². The lowest BCUT2D eigenvalue weighted by Crippen LogP contribution is -1.72. The van der Waals surface area contributed by atoms with E-state index < -0.39 is 0 Å². The first-order valence-electron chi connectivity index (χ1n) is 3.62. The van der Waals surface area contributed by atoms with E-state index in [2.05, 4.69) is 12.6 Å². The minimum absolute atomic E-state index is 0.181. The predicted molar refractivity (Wildman–Crippen MR) is 50.6 cm³/mol. The molecule has 0 aliphatic carbocycles. The van der Waals surface area contributed by atoms with Gasteiger partial charge >= 0.3 is 0 Å². The lowest BCUT2D eigenvalue weighted by atomic mass is 10.2. The quantitative estimate of drug-likeness (QED) is 0.661. The molecule has 1 aromatic heterocycles. The van der Waals surface area contributed by atoms with E-state index in [-0.39, 0.29) is 5.75 Å². The van der Waals surface area contributed by atoms with Gasteiger partial charge in [0.05, 0.1) is 6.26 Å². The zero-order valence-electron chi connectivity index (χ0n) is 6.32. The Balaban J connectivity index is 2.80. The summed E-state index contributed by atoms with van der Waals surface area (Å²) in [7, 11) is 0. The summed E-state index contributed by atoms with van der Waals surface area (Å²) < 4.78 is 5.17. The highest BCUT2D eigenvalue weighted by Crippen LogP contribution is 2.29. The van der Waals surface area contributed by atoms with Crippen molar-refractivity contribution < 1.29 is 9.52 Å². The molecule has 0 atom stereocenters. The monoisotopic (exact) mass is 180 g/mol. The van der Waals surface area contributed by atoms with Crippen molar-refractivity contribution in [3.8, 4) is 5.75 Å². The number of phenolic OH excluding ortho intramolecular Hbond substituents is 1. The number of hydrogen-bond acceptors (Lipinski definition) is 3. The number of fused-ring (bicyclic) bond motifs is 1. The number of hydrogen-bond donors (Lipinski definition) is 2. The summed E-state index contributed by atoms with van der Waals surface area (Å²) >= 11 is 4.14. The molecule has 0 bridgehead atoms. The first kappa shape index (κ1) is 7.55.